The first-order valence-electron chi connectivity index (χ1n) is 10.8. The van der Waals surface area contributed by atoms with Gasteiger partial charge in [0.25, 0.3) is 5.89 Å². The van der Waals surface area contributed by atoms with Gasteiger partial charge in [0.1, 0.15) is 27.6 Å². The quantitative estimate of drug-likeness (QED) is 0.520. The SMILES string of the molecule is Cc1nnc(COc2cnc(C(F)=Cc3ccc(F)c(C4(C)CS(=O)(=O)C(C)(C)C(N)=N4)c3)cn2)o1. The number of amidine groups is 1. The minimum Gasteiger partial charge on any atom is -0.466 e. The fourth-order valence-corrected chi connectivity index (χ4v) is 5.28. The molecule has 1 aliphatic heterocycles. The van der Waals surface area contributed by atoms with Crippen molar-refractivity contribution in [1.82, 2.24) is 20.2 Å². The number of rotatable bonds is 6. The lowest BCUT2D eigenvalue weighted by Crippen LogP contribution is -2.55. The smallest absolute Gasteiger partial charge is 0.253 e. The largest absolute Gasteiger partial charge is 0.466 e. The number of hydrogen-bond acceptors (Lipinski definition) is 10. The first-order valence-corrected chi connectivity index (χ1v) is 12.5. The lowest BCUT2D eigenvalue weighted by molar-refractivity contribution is 0.250. The molecule has 1 aromatic carbocycles. The maximum absolute atomic E-state index is 14.9. The summed E-state index contributed by atoms with van der Waals surface area (Å²) in [6.45, 7) is 6.01. The monoisotopic (exact) mass is 518 g/mol. The molecule has 2 N–H and O–H groups in total. The Hall–Kier alpha value is -3.74. The first kappa shape index (κ1) is 25.4. The van der Waals surface area contributed by atoms with Crippen LogP contribution in [0.5, 0.6) is 5.88 Å². The van der Waals surface area contributed by atoms with Crippen LogP contribution in [0.25, 0.3) is 11.9 Å². The van der Waals surface area contributed by atoms with E-state index in [0.29, 0.717) is 5.89 Å². The summed E-state index contributed by atoms with van der Waals surface area (Å²) in [5.74, 6) is -1.22. The minimum absolute atomic E-state index is 0.0165. The van der Waals surface area contributed by atoms with Gasteiger partial charge in [0.2, 0.25) is 11.8 Å². The van der Waals surface area contributed by atoms with Crippen LogP contribution < -0.4 is 10.5 Å². The molecule has 2 aromatic heterocycles. The van der Waals surface area contributed by atoms with Gasteiger partial charge in [-0.05, 0) is 44.5 Å². The van der Waals surface area contributed by atoms with E-state index in [0.717, 1.165) is 12.1 Å². The average Bonchev–Trinajstić information content (AvgIpc) is 3.23. The number of aryl methyl sites for hydroxylation is 1. The van der Waals surface area contributed by atoms with Gasteiger partial charge in [0.15, 0.2) is 22.3 Å². The van der Waals surface area contributed by atoms with Crippen LogP contribution in [0.15, 0.2) is 40.0 Å². The summed E-state index contributed by atoms with van der Waals surface area (Å²) >= 11 is 0. The van der Waals surface area contributed by atoms with Crippen LogP contribution in [-0.2, 0) is 22.0 Å². The Bertz CT molecular complexity index is 1470. The third-order valence-electron chi connectivity index (χ3n) is 5.88. The van der Waals surface area contributed by atoms with Gasteiger partial charge < -0.3 is 14.9 Å². The molecule has 36 heavy (non-hydrogen) atoms. The Morgan fingerprint density at radius 1 is 1.22 bits per heavy atom. The molecule has 10 nitrogen and oxygen atoms in total. The highest BCUT2D eigenvalue weighted by molar-refractivity contribution is 7.93. The summed E-state index contributed by atoms with van der Waals surface area (Å²) in [5.41, 5.74) is 4.65. The second kappa shape index (κ2) is 9.04. The van der Waals surface area contributed by atoms with Gasteiger partial charge in [0.05, 0.1) is 18.1 Å². The number of aromatic nitrogens is 4. The van der Waals surface area contributed by atoms with Crippen LogP contribution in [0.3, 0.4) is 0 Å². The van der Waals surface area contributed by atoms with Crippen molar-refractivity contribution in [3.05, 3.63) is 65.0 Å². The number of hydrogen-bond donors (Lipinski definition) is 1. The molecule has 13 heteroatoms. The summed E-state index contributed by atoms with van der Waals surface area (Å²) in [4.78, 5) is 12.3. The van der Waals surface area contributed by atoms with Gasteiger partial charge in [-0.1, -0.05) is 6.07 Å². The molecule has 0 fully saturated rings. The molecule has 0 saturated carbocycles. The van der Waals surface area contributed by atoms with E-state index in [9.17, 15) is 17.2 Å². The van der Waals surface area contributed by atoms with E-state index < -0.39 is 37.5 Å². The molecular formula is C23H24F2N6O4S. The molecule has 0 saturated heterocycles. The van der Waals surface area contributed by atoms with E-state index in [-0.39, 0.29) is 41.0 Å². The van der Waals surface area contributed by atoms with Gasteiger partial charge in [0, 0.05) is 12.5 Å². The highest BCUT2D eigenvalue weighted by Gasteiger charge is 2.49. The molecule has 0 amide bonds. The number of nitrogens with zero attached hydrogens (tertiary/aromatic N) is 5. The Labute approximate surface area is 206 Å². The summed E-state index contributed by atoms with van der Waals surface area (Å²) in [6, 6.07) is 3.82. The molecule has 1 unspecified atom stereocenters. The minimum atomic E-state index is -3.74. The van der Waals surface area contributed by atoms with Crippen molar-refractivity contribution in [2.24, 2.45) is 10.7 Å². The van der Waals surface area contributed by atoms with Crippen LogP contribution in [0.1, 0.15) is 49.4 Å². The lowest BCUT2D eigenvalue weighted by atomic mass is 9.91. The van der Waals surface area contributed by atoms with Crippen LogP contribution in [0.4, 0.5) is 8.78 Å². The Kier molecular flexibility index (Phi) is 6.37. The van der Waals surface area contributed by atoms with Gasteiger partial charge in [-0.15, -0.1) is 10.2 Å². The normalized spacial score (nSPS) is 21.2. The predicted octanol–water partition coefficient (Wildman–Crippen LogP) is 3.13. The summed E-state index contributed by atoms with van der Waals surface area (Å²) in [7, 11) is -3.74. The third-order valence-corrected chi connectivity index (χ3v) is 8.59. The Morgan fingerprint density at radius 2 is 1.97 bits per heavy atom. The lowest BCUT2D eigenvalue weighted by Gasteiger charge is -2.38. The number of aliphatic imine (C=N–C) groups is 1. The van der Waals surface area contributed by atoms with E-state index >= 15 is 0 Å². The molecule has 0 spiro atoms. The third kappa shape index (κ3) is 4.83. The van der Waals surface area contributed by atoms with E-state index in [1.807, 2.05) is 0 Å². The van der Waals surface area contributed by atoms with Crippen molar-refractivity contribution in [1.29, 1.82) is 0 Å². The molecule has 4 rings (SSSR count). The molecule has 3 aromatic rings. The van der Waals surface area contributed by atoms with Crippen molar-refractivity contribution < 1.29 is 26.4 Å². The van der Waals surface area contributed by atoms with Crippen molar-refractivity contribution in [2.45, 2.75) is 44.6 Å². The second-order valence-electron chi connectivity index (χ2n) is 9.02. The summed E-state index contributed by atoms with van der Waals surface area (Å²) in [5, 5.41) is 7.47. The number of halogens is 2. The highest BCUT2D eigenvalue weighted by atomic mass is 32.2. The van der Waals surface area contributed by atoms with Crippen LogP contribution in [0.2, 0.25) is 0 Å². The zero-order valence-corrected chi connectivity index (χ0v) is 20.8. The van der Waals surface area contributed by atoms with Gasteiger partial charge in [-0.3, -0.25) is 4.99 Å². The summed E-state index contributed by atoms with van der Waals surface area (Å²) in [6.07, 6.45) is 3.54. The molecule has 0 aliphatic carbocycles. The van der Waals surface area contributed by atoms with E-state index in [4.69, 9.17) is 14.9 Å². The van der Waals surface area contributed by atoms with E-state index in [1.165, 1.54) is 45.3 Å². The van der Waals surface area contributed by atoms with Gasteiger partial charge in [-0.25, -0.2) is 27.2 Å². The predicted molar refractivity (Wildman–Crippen MR) is 128 cm³/mol. The Morgan fingerprint density at radius 3 is 2.58 bits per heavy atom. The van der Waals surface area contributed by atoms with E-state index in [1.54, 1.807) is 6.92 Å². The van der Waals surface area contributed by atoms with Crippen LogP contribution in [0, 0.1) is 12.7 Å². The molecule has 0 radical (unpaired) electrons. The molecule has 190 valence electrons. The average molecular weight is 519 g/mol. The maximum atomic E-state index is 14.9. The first-order chi connectivity index (χ1) is 16.8. The zero-order valence-electron chi connectivity index (χ0n) is 20.0. The fourth-order valence-electron chi connectivity index (χ4n) is 3.59. The van der Waals surface area contributed by atoms with Crippen molar-refractivity contribution in [3.63, 3.8) is 0 Å². The topological polar surface area (TPSA) is 146 Å². The number of ether oxygens (including phenoxy) is 1. The van der Waals surface area contributed by atoms with Crippen molar-refractivity contribution >= 4 is 27.6 Å². The summed E-state index contributed by atoms with van der Waals surface area (Å²) < 4.78 is 64.6. The molecule has 0 bridgehead atoms. The molecule has 1 atom stereocenters. The number of sulfone groups is 1. The standard InChI is InChI=1S/C23H24F2N6O4S/c1-13-30-31-20(35-13)11-34-19-10-27-18(9-28-19)17(25)8-14-5-6-16(24)15(7-14)23(4)12-36(32,33)22(2,3)21(26)29-23/h5-10H,11-12H2,1-4H3,(H2,26,29). The molecular weight excluding hydrogens is 494 g/mol. The zero-order chi connectivity index (χ0) is 26.3. The van der Waals surface area contributed by atoms with E-state index in [2.05, 4.69) is 25.2 Å². The van der Waals surface area contributed by atoms with Crippen molar-refractivity contribution in [3.8, 4) is 5.88 Å². The van der Waals surface area contributed by atoms with Crippen LogP contribution >= 0.6 is 0 Å². The fraction of sp³-hybridized carbons (Fsp3) is 0.348. The van der Waals surface area contributed by atoms with Crippen molar-refractivity contribution in [2.75, 3.05) is 5.75 Å². The maximum Gasteiger partial charge on any atom is 0.253 e. The van der Waals surface area contributed by atoms with Crippen LogP contribution in [-0.4, -0.2) is 44.9 Å². The van der Waals surface area contributed by atoms with Gasteiger partial charge >= 0.3 is 0 Å². The molecule has 1 aliphatic rings. The second-order valence-corrected chi connectivity index (χ2v) is 11.6. The highest BCUT2D eigenvalue weighted by Crippen LogP contribution is 2.38. The Balaban J connectivity index is 1.57. The number of benzene rings is 1. The molecule has 3 heterocycles. The van der Waals surface area contributed by atoms with Gasteiger partial charge in [-0.2, -0.15) is 0 Å². The number of nitrogens with two attached hydrogens (primary N) is 1.